The molecule has 1 amide bonds. The SMILES string of the molecule is CN(C(=O)Cn1cnc2cnc(-c3cccc(Cl)c3)nc21)c1ccccc1. The summed E-state index contributed by atoms with van der Waals surface area (Å²) in [5, 5.41) is 0.615. The Balaban J connectivity index is 1.64. The van der Waals surface area contributed by atoms with Gasteiger partial charge in [-0.25, -0.2) is 15.0 Å². The van der Waals surface area contributed by atoms with Crippen LogP contribution in [0.25, 0.3) is 22.6 Å². The van der Waals surface area contributed by atoms with E-state index in [2.05, 4.69) is 15.0 Å². The summed E-state index contributed by atoms with van der Waals surface area (Å²) in [6, 6.07) is 16.8. The van der Waals surface area contributed by atoms with E-state index in [4.69, 9.17) is 11.6 Å². The molecule has 2 aromatic carbocycles. The maximum absolute atomic E-state index is 12.7. The maximum atomic E-state index is 12.7. The van der Waals surface area contributed by atoms with Gasteiger partial charge in [0.25, 0.3) is 0 Å². The zero-order chi connectivity index (χ0) is 18.8. The highest BCUT2D eigenvalue weighted by Gasteiger charge is 2.15. The average Bonchev–Trinajstić information content (AvgIpc) is 3.10. The summed E-state index contributed by atoms with van der Waals surface area (Å²) >= 11 is 6.06. The molecule has 0 N–H and O–H groups in total. The molecule has 6 nitrogen and oxygen atoms in total. The maximum Gasteiger partial charge on any atom is 0.246 e. The Morgan fingerprint density at radius 2 is 1.93 bits per heavy atom. The lowest BCUT2D eigenvalue weighted by atomic mass is 10.2. The first-order valence-electron chi connectivity index (χ1n) is 8.37. The van der Waals surface area contributed by atoms with Gasteiger partial charge in [0, 0.05) is 23.3 Å². The molecule has 0 unspecified atom stereocenters. The fourth-order valence-electron chi connectivity index (χ4n) is 2.79. The Bertz CT molecular complexity index is 1110. The van der Waals surface area contributed by atoms with E-state index in [0.717, 1.165) is 11.3 Å². The molecule has 0 aliphatic carbocycles. The molecule has 7 heteroatoms. The zero-order valence-electron chi connectivity index (χ0n) is 14.6. The van der Waals surface area contributed by atoms with Crippen molar-refractivity contribution in [3.8, 4) is 11.4 Å². The zero-order valence-corrected chi connectivity index (χ0v) is 15.3. The molecule has 0 atom stereocenters. The van der Waals surface area contributed by atoms with Crippen LogP contribution in [0.5, 0.6) is 0 Å². The smallest absolute Gasteiger partial charge is 0.246 e. The van der Waals surface area contributed by atoms with Crippen LogP contribution in [-0.4, -0.2) is 32.5 Å². The number of anilines is 1. The van der Waals surface area contributed by atoms with Crippen molar-refractivity contribution in [2.75, 3.05) is 11.9 Å². The number of carbonyl (C=O) groups is 1. The molecular weight excluding hydrogens is 362 g/mol. The van der Waals surface area contributed by atoms with Gasteiger partial charge in [0.2, 0.25) is 5.91 Å². The Kier molecular flexibility index (Phi) is 4.56. The number of rotatable bonds is 4. The van der Waals surface area contributed by atoms with Crippen molar-refractivity contribution in [3.63, 3.8) is 0 Å². The number of likely N-dealkylation sites (N-methyl/N-ethyl adjacent to an activating group) is 1. The number of halogens is 1. The van der Waals surface area contributed by atoms with Crippen molar-refractivity contribution in [2.45, 2.75) is 6.54 Å². The lowest BCUT2D eigenvalue weighted by Crippen LogP contribution is -2.29. The van der Waals surface area contributed by atoms with Crippen LogP contribution in [0, 0.1) is 0 Å². The third-order valence-corrected chi connectivity index (χ3v) is 4.50. The van der Waals surface area contributed by atoms with Crippen molar-refractivity contribution in [1.29, 1.82) is 0 Å². The Hall–Kier alpha value is -3.25. The summed E-state index contributed by atoms with van der Waals surface area (Å²) in [5.41, 5.74) is 2.89. The Labute approximate surface area is 161 Å². The number of amides is 1. The van der Waals surface area contributed by atoms with Gasteiger partial charge in [-0.3, -0.25) is 4.79 Å². The van der Waals surface area contributed by atoms with Gasteiger partial charge in [-0.2, -0.15) is 0 Å². The first-order valence-corrected chi connectivity index (χ1v) is 8.75. The molecule has 2 heterocycles. The Morgan fingerprint density at radius 3 is 2.70 bits per heavy atom. The molecule has 0 aliphatic heterocycles. The van der Waals surface area contributed by atoms with Crippen LogP contribution in [-0.2, 0) is 11.3 Å². The highest BCUT2D eigenvalue weighted by Crippen LogP contribution is 2.21. The van der Waals surface area contributed by atoms with E-state index in [0.29, 0.717) is 22.0 Å². The number of hydrogen-bond donors (Lipinski definition) is 0. The van der Waals surface area contributed by atoms with Crippen molar-refractivity contribution < 1.29 is 4.79 Å². The van der Waals surface area contributed by atoms with E-state index in [-0.39, 0.29) is 12.5 Å². The number of carbonyl (C=O) groups excluding carboxylic acids is 1. The number of fused-ring (bicyclic) bond motifs is 1. The van der Waals surface area contributed by atoms with Crippen LogP contribution in [0.3, 0.4) is 0 Å². The average molecular weight is 378 g/mol. The molecule has 0 saturated carbocycles. The van der Waals surface area contributed by atoms with Crippen LogP contribution in [0.2, 0.25) is 5.02 Å². The third kappa shape index (κ3) is 3.52. The van der Waals surface area contributed by atoms with Crippen molar-refractivity contribution in [3.05, 3.63) is 72.1 Å². The lowest BCUT2D eigenvalue weighted by molar-refractivity contribution is -0.118. The Morgan fingerprint density at radius 1 is 1.11 bits per heavy atom. The fraction of sp³-hybridized carbons (Fsp3) is 0.100. The molecule has 0 radical (unpaired) electrons. The summed E-state index contributed by atoms with van der Waals surface area (Å²) in [6.07, 6.45) is 3.26. The van der Waals surface area contributed by atoms with Gasteiger partial charge in [-0.1, -0.05) is 41.9 Å². The first kappa shape index (κ1) is 17.2. The molecule has 134 valence electrons. The number of hydrogen-bond acceptors (Lipinski definition) is 4. The van der Waals surface area contributed by atoms with Crippen LogP contribution in [0.1, 0.15) is 0 Å². The minimum absolute atomic E-state index is 0.0663. The van der Waals surface area contributed by atoms with Crippen molar-refractivity contribution in [1.82, 2.24) is 19.5 Å². The largest absolute Gasteiger partial charge is 0.314 e. The molecule has 0 aliphatic rings. The predicted molar refractivity (Wildman–Crippen MR) is 106 cm³/mol. The van der Waals surface area contributed by atoms with Crippen LogP contribution < -0.4 is 4.90 Å². The molecule has 0 spiro atoms. The summed E-state index contributed by atoms with van der Waals surface area (Å²) in [6.45, 7) is 0.133. The summed E-state index contributed by atoms with van der Waals surface area (Å²) < 4.78 is 1.73. The molecule has 0 bridgehead atoms. The normalized spacial score (nSPS) is 10.9. The predicted octanol–water partition coefficient (Wildman–Crippen LogP) is 3.81. The van der Waals surface area contributed by atoms with Gasteiger partial charge in [-0.15, -0.1) is 0 Å². The number of para-hydroxylation sites is 1. The van der Waals surface area contributed by atoms with Gasteiger partial charge < -0.3 is 9.47 Å². The lowest BCUT2D eigenvalue weighted by Gasteiger charge is -2.17. The van der Waals surface area contributed by atoms with E-state index in [1.807, 2.05) is 42.5 Å². The number of nitrogens with zero attached hydrogens (tertiary/aromatic N) is 5. The second-order valence-corrected chi connectivity index (χ2v) is 6.51. The van der Waals surface area contributed by atoms with Gasteiger partial charge >= 0.3 is 0 Å². The third-order valence-electron chi connectivity index (χ3n) is 4.26. The highest BCUT2D eigenvalue weighted by molar-refractivity contribution is 6.30. The first-order chi connectivity index (χ1) is 13.1. The molecule has 0 fully saturated rings. The monoisotopic (exact) mass is 377 g/mol. The van der Waals surface area contributed by atoms with Gasteiger partial charge in [-0.05, 0) is 24.3 Å². The summed E-state index contributed by atoms with van der Waals surface area (Å²) in [7, 11) is 1.75. The molecule has 0 saturated heterocycles. The number of aromatic nitrogens is 4. The van der Waals surface area contributed by atoms with E-state index in [1.165, 1.54) is 0 Å². The number of imidazole rings is 1. The van der Waals surface area contributed by atoms with Crippen LogP contribution >= 0.6 is 11.6 Å². The quantitative estimate of drug-likeness (QED) is 0.542. The van der Waals surface area contributed by atoms with E-state index >= 15 is 0 Å². The fourth-order valence-corrected chi connectivity index (χ4v) is 2.98. The van der Waals surface area contributed by atoms with Crippen molar-refractivity contribution >= 4 is 34.4 Å². The molecule has 2 aromatic heterocycles. The number of benzene rings is 2. The second kappa shape index (κ2) is 7.17. The highest BCUT2D eigenvalue weighted by atomic mass is 35.5. The van der Waals surface area contributed by atoms with E-state index in [9.17, 15) is 4.79 Å². The summed E-state index contributed by atoms with van der Waals surface area (Å²) in [4.78, 5) is 27.5. The topological polar surface area (TPSA) is 63.9 Å². The standard InChI is InChI=1S/C20H16ClN5O/c1-25(16-8-3-2-4-9-16)18(27)12-26-13-23-17-11-22-19(24-20(17)26)14-6-5-7-15(21)10-14/h2-11,13H,12H2,1H3. The minimum Gasteiger partial charge on any atom is -0.314 e. The van der Waals surface area contributed by atoms with E-state index < -0.39 is 0 Å². The second-order valence-electron chi connectivity index (χ2n) is 6.07. The molecule has 4 rings (SSSR count). The molecule has 27 heavy (non-hydrogen) atoms. The van der Waals surface area contributed by atoms with E-state index in [1.54, 1.807) is 41.2 Å². The van der Waals surface area contributed by atoms with Crippen molar-refractivity contribution in [2.24, 2.45) is 0 Å². The van der Waals surface area contributed by atoms with Crippen LogP contribution in [0.4, 0.5) is 5.69 Å². The van der Waals surface area contributed by atoms with Crippen LogP contribution in [0.15, 0.2) is 67.1 Å². The van der Waals surface area contributed by atoms with Gasteiger partial charge in [0.15, 0.2) is 11.5 Å². The minimum atomic E-state index is -0.0663. The summed E-state index contributed by atoms with van der Waals surface area (Å²) in [5.74, 6) is 0.471. The molecular formula is C20H16ClN5O. The molecule has 4 aromatic rings. The van der Waals surface area contributed by atoms with Gasteiger partial charge in [0.05, 0.1) is 12.5 Å². The van der Waals surface area contributed by atoms with Gasteiger partial charge in [0.1, 0.15) is 12.1 Å².